The molecule has 1 aliphatic rings. The van der Waals surface area contributed by atoms with Crippen LogP contribution < -0.4 is 11.1 Å². The first kappa shape index (κ1) is 14.3. The van der Waals surface area contributed by atoms with Gasteiger partial charge in [0.15, 0.2) is 0 Å². The Hall–Kier alpha value is -2.11. The number of nitrogens with two attached hydrogens (primary N) is 1. The fourth-order valence-electron chi connectivity index (χ4n) is 2.60. The van der Waals surface area contributed by atoms with Gasteiger partial charge >= 0.3 is 0 Å². The molecule has 3 N–H and O–H groups in total. The number of anilines is 1. The average Bonchev–Trinajstić information content (AvgIpc) is 2.67. The number of nitrogens with one attached hydrogen (secondary N) is 1. The highest BCUT2D eigenvalue weighted by Gasteiger charge is 2.21. The second-order valence-electron chi connectivity index (χ2n) is 5.16. The molecule has 0 aromatic heterocycles. The van der Waals surface area contributed by atoms with E-state index in [1.165, 1.54) is 31.0 Å². The van der Waals surface area contributed by atoms with Gasteiger partial charge in [-0.1, -0.05) is 31.7 Å². The van der Waals surface area contributed by atoms with Gasteiger partial charge in [0, 0.05) is 12.1 Å². The highest BCUT2D eigenvalue weighted by molar-refractivity contribution is 6.01. The summed E-state index contributed by atoms with van der Waals surface area (Å²) < 4.78 is 0. The summed E-state index contributed by atoms with van der Waals surface area (Å²) in [4.78, 5) is 22.5. The Bertz CT molecular complexity index is 508. The SMILES string of the molecule is Nc1c(C(=O)NC2CCCCCC2)cccc1[N+](=O)[O-]. The van der Waals surface area contributed by atoms with Crippen molar-refractivity contribution in [2.24, 2.45) is 0 Å². The fourth-order valence-corrected chi connectivity index (χ4v) is 2.60. The number of para-hydroxylation sites is 1. The summed E-state index contributed by atoms with van der Waals surface area (Å²) in [6, 6.07) is 4.45. The lowest BCUT2D eigenvalue weighted by Gasteiger charge is -2.16. The predicted molar refractivity (Wildman–Crippen MR) is 76.5 cm³/mol. The number of nitro groups is 1. The number of nitrogen functional groups attached to an aromatic ring is 1. The molecule has 1 aromatic rings. The van der Waals surface area contributed by atoms with Crippen molar-refractivity contribution in [1.29, 1.82) is 0 Å². The lowest BCUT2D eigenvalue weighted by Crippen LogP contribution is -2.34. The second kappa shape index (κ2) is 6.36. The van der Waals surface area contributed by atoms with Crippen LogP contribution in [0.4, 0.5) is 11.4 Å². The van der Waals surface area contributed by atoms with Gasteiger partial charge < -0.3 is 11.1 Å². The van der Waals surface area contributed by atoms with Gasteiger partial charge in [0.05, 0.1) is 10.5 Å². The number of carbonyl (C=O) groups is 1. The molecule has 0 saturated heterocycles. The molecule has 6 nitrogen and oxygen atoms in total. The Kier molecular flexibility index (Phi) is 4.55. The first-order valence-electron chi connectivity index (χ1n) is 6.93. The van der Waals surface area contributed by atoms with Crippen LogP contribution in [0.5, 0.6) is 0 Å². The lowest BCUT2D eigenvalue weighted by molar-refractivity contribution is -0.383. The smallest absolute Gasteiger partial charge is 0.292 e. The zero-order chi connectivity index (χ0) is 14.5. The van der Waals surface area contributed by atoms with Gasteiger partial charge in [-0.15, -0.1) is 0 Å². The number of nitro benzene ring substituents is 1. The van der Waals surface area contributed by atoms with E-state index in [0.717, 1.165) is 25.7 Å². The summed E-state index contributed by atoms with van der Waals surface area (Å²) in [6.45, 7) is 0. The number of hydrogen-bond donors (Lipinski definition) is 2. The van der Waals surface area contributed by atoms with E-state index in [9.17, 15) is 14.9 Å². The van der Waals surface area contributed by atoms with Crippen LogP contribution in [0, 0.1) is 10.1 Å². The first-order valence-corrected chi connectivity index (χ1v) is 6.93. The van der Waals surface area contributed by atoms with Crippen molar-refractivity contribution >= 4 is 17.3 Å². The van der Waals surface area contributed by atoms with Crippen molar-refractivity contribution in [2.75, 3.05) is 5.73 Å². The predicted octanol–water partition coefficient (Wildman–Crippen LogP) is 2.63. The number of nitrogens with zero attached hydrogens (tertiary/aromatic N) is 1. The van der Waals surface area contributed by atoms with Crippen LogP contribution >= 0.6 is 0 Å². The van der Waals surface area contributed by atoms with E-state index in [0.29, 0.717) is 0 Å². The number of rotatable bonds is 3. The molecule has 0 heterocycles. The topological polar surface area (TPSA) is 98.3 Å². The molecule has 0 unspecified atom stereocenters. The van der Waals surface area contributed by atoms with Gasteiger partial charge in [-0.3, -0.25) is 14.9 Å². The molecule has 1 amide bonds. The van der Waals surface area contributed by atoms with Crippen molar-refractivity contribution < 1.29 is 9.72 Å². The summed E-state index contributed by atoms with van der Waals surface area (Å²) in [5.74, 6) is -0.321. The van der Waals surface area contributed by atoms with Crippen LogP contribution in [0.25, 0.3) is 0 Å². The minimum atomic E-state index is -0.572. The average molecular weight is 277 g/mol. The minimum Gasteiger partial charge on any atom is -0.393 e. The molecule has 20 heavy (non-hydrogen) atoms. The third-order valence-corrected chi connectivity index (χ3v) is 3.71. The number of carbonyl (C=O) groups excluding carboxylic acids is 1. The normalized spacial score (nSPS) is 16.4. The Morgan fingerprint density at radius 3 is 2.50 bits per heavy atom. The molecule has 0 spiro atoms. The molecule has 0 bridgehead atoms. The van der Waals surface area contributed by atoms with Crippen LogP contribution in [0.1, 0.15) is 48.9 Å². The van der Waals surface area contributed by atoms with E-state index in [4.69, 9.17) is 5.73 Å². The third-order valence-electron chi connectivity index (χ3n) is 3.71. The highest BCUT2D eigenvalue weighted by atomic mass is 16.6. The monoisotopic (exact) mass is 277 g/mol. The van der Waals surface area contributed by atoms with Gasteiger partial charge in [0.2, 0.25) is 0 Å². The molecular formula is C14H19N3O3. The van der Waals surface area contributed by atoms with Gasteiger partial charge in [-0.2, -0.15) is 0 Å². The molecule has 108 valence electrons. The maximum absolute atomic E-state index is 12.2. The van der Waals surface area contributed by atoms with Crippen LogP contribution in [0.15, 0.2) is 18.2 Å². The summed E-state index contributed by atoms with van der Waals surface area (Å²) >= 11 is 0. The van der Waals surface area contributed by atoms with Crippen molar-refractivity contribution in [1.82, 2.24) is 5.32 Å². The van der Waals surface area contributed by atoms with E-state index >= 15 is 0 Å². The number of amides is 1. The van der Waals surface area contributed by atoms with Crippen molar-refractivity contribution in [3.8, 4) is 0 Å². The van der Waals surface area contributed by atoms with E-state index in [1.807, 2.05) is 0 Å². The molecule has 1 saturated carbocycles. The number of benzene rings is 1. The molecule has 0 aliphatic heterocycles. The second-order valence-corrected chi connectivity index (χ2v) is 5.16. The molecule has 2 rings (SSSR count). The van der Waals surface area contributed by atoms with Gasteiger partial charge in [0.1, 0.15) is 5.69 Å². The summed E-state index contributed by atoms with van der Waals surface area (Å²) in [5.41, 5.74) is 5.61. The molecule has 0 atom stereocenters. The molecule has 1 aromatic carbocycles. The third kappa shape index (κ3) is 3.26. The van der Waals surface area contributed by atoms with Gasteiger partial charge in [-0.05, 0) is 18.9 Å². The summed E-state index contributed by atoms with van der Waals surface area (Å²) in [7, 11) is 0. The summed E-state index contributed by atoms with van der Waals surface area (Å²) in [5, 5.41) is 13.8. The maximum atomic E-state index is 12.2. The van der Waals surface area contributed by atoms with Crippen LogP contribution in [0.3, 0.4) is 0 Å². The highest BCUT2D eigenvalue weighted by Crippen LogP contribution is 2.25. The van der Waals surface area contributed by atoms with Crippen molar-refractivity contribution in [3.05, 3.63) is 33.9 Å². The Morgan fingerprint density at radius 1 is 1.25 bits per heavy atom. The molecule has 1 fully saturated rings. The van der Waals surface area contributed by atoms with Crippen LogP contribution in [0.2, 0.25) is 0 Å². The standard InChI is InChI=1S/C14H19N3O3/c15-13-11(8-5-9-12(13)17(19)20)14(18)16-10-6-3-1-2-4-7-10/h5,8-10H,1-4,6-7,15H2,(H,16,18). The van der Waals surface area contributed by atoms with Crippen molar-refractivity contribution in [3.63, 3.8) is 0 Å². The largest absolute Gasteiger partial charge is 0.393 e. The summed E-state index contributed by atoms with van der Waals surface area (Å²) in [6.07, 6.45) is 6.53. The van der Waals surface area contributed by atoms with Gasteiger partial charge in [-0.25, -0.2) is 0 Å². The minimum absolute atomic E-state index is 0.0661. The zero-order valence-corrected chi connectivity index (χ0v) is 11.3. The fraction of sp³-hybridized carbons (Fsp3) is 0.500. The van der Waals surface area contributed by atoms with Crippen LogP contribution in [-0.2, 0) is 0 Å². The maximum Gasteiger partial charge on any atom is 0.292 e. The van der Waals surface area contributed by atoms with Gasteiger partial charge in [0.25, 0.3) is 11.6 Å². The van der Waals surface area contributed by atoms with Crippen molar-refractivity contribution in [2.45, 2.75) is 44.6 Å². The number of hydrogen-bond acceptors (Lipinski definition) is 4. The first-order chi connectivity index (χ1) is 9.59. The van der Waals surface area contributed by atoms with Crippen LogP contribution in [-0.4, -0.2) is 16.9 Å². The molecule has 0 radical (unpaired) electrons. The van der Waals surface area contributed by atoms with E-state index in [1.54, 1.807) is 0 Å². The van der Waals surface area contributed by atoms with E-state index < -0.39 is 4.92 Å². The lowest BCUT2D eigenvalue weighted by atomic mass is 10.1. The zero-order valence-electron chi connectivity index (χ0n) is 11.3. The van der Waals surface area contributed by atoms with E-state index in [2.05, 4.69) is 5.32 Å². The molecule has 1 aliphatic carbocycles. The molecule has 6 heteroatoms. The quantitative estimate of drug-likeness (QED) is 0.384. The molecular weight excluding hydrogens is 258 g/mol. The Morgan fingerprint density at radius 2 is 1.90 bits per heavy atom. The Balaban J connectivity index is 2.12. The Labute approximate surface area is 117 Å². The van der Waals surface area contributed by atoms with E-state index in [-0.39, 0.29) is 28.9 Å².